The zero-order valence-corrected chi connectivity index (χ0v) is 10.9. The van der Waals surface area contributed by atoms with Crippen LogP contribution in [0.2, 0.25) is 0 Å². The minimum absolute atomic E-state index is 0.358. The van der Waals surface area contributed by atoms with Crippen molar-refractivity contribution in [1.29, 1.82) is 0 Å². The van der Waals surface area contributed by atoms with Gasteiger partial charge in [-0.1, -0.05) is 43.5 Å². The Balaban J connectivity index is 2.39. The summed E-state index contributed by atoms with van der Waals surface area (Å²) in [7, 11) is 0. The summed E-state index contributed by atoms with van der Waals surface area (Å²) < 4.78 is 0. The highest BCUT2D eigenvalue weighted by atomic mass is 16.4. The zero-order valence-electron chi connectivity index (χ0n) is 10.9. The molecule has 0 heterocycles. The van der Waals surface area contributed by atoms with Gasteiger partial charge in [0.25, 0.3) is 0 Å². The Hall–Kier alpha value is -1.39. The van der Waals surface area contributed by atoms with E-state index in [-0.39, 0.29) is 6.61 Å². The smallest absolute Gasteiger partial charge is 0.314 e. The van der Waals surface area contributed by atoms with Crippen LogP contribution < -0.4 is 0 Å². The number of carbonyl (C=O) groups is 1. The maximum Gasteiger partial charge on any atom is 0.314 e. The van der Waals surface area contributed by atoms with Crippen LogP contribution in [0.25, 0.3) is 0 Å². The second-order valence-corrected chi connectivity index (χ2v) is 5.27. The molecule has 1 aliphatic carbocycles. The standard InChI is InChI=1S/C15H20O4/c16-10-13(17)11-5-4-6-12(9-11)15(14(18)19)7-2-1-3-8-15/h4-6,9,13,16-17H,1-3,7-8,10H2,(H,18,19). The molecule has 3 N–H and O–H groups in total. The number of carboxylic acids is 1. The second-order valence-electron chi connectivity index (χ2n) is 5.27. The van der Waals surface area contributed by atoms with Gasteiger partial charge >= 0.3 is 5.97 Å². The van der Waals surface area contributed by atoms with Crippen LogP contribution in [0.15, 0.2) is 24.3 Å². The molecule has 4 nitrogen and oxygen atoms in total. The second kappa shape index (κ2) is 5.72. The van der Waals surface area contributed by atoms with Crippen molar-refractivity contribution in [1.82, 2.24) is 0 Å². The number of carboxylic acid groups (broad SMARTS) is 1. The van der Waals surface area contributed by atoms with Gasteiger partial charge in [0, 0.05) is 0 Å². The average molecular weight is 264 g/mol. The van der Waals surface area contributed by atoms with Gasteiger partial charge < -0.3 is 15.3 Å². The van der Waals surface area contributed by atoms with E-state index in [0.717, 1.165) is 24.8 Å². The van der Waals surface area contributed by atoms with E-state index in [4.69, 9.17) is 5.11 Å². The Bertz CT molecular complexity index is 449. The first-order valence-electron chi connectivity index (χ1n) is 6.73. The van der Waals surface area contributed by atoms with Crippen molar-refractivity contribution in [3.05, 3.63) is 35.4 Å². The van der Waals surface area contributed by atoms with Crippen LogP contribution in [0.5, 0.6) is 0 Å². The largest absolute Gasteiger partial charge is 0.481 e. The monoisotopic (exact) mass is 264 g/mol. The summed E-state index contributed by atoms with van der Waals surface area (Å²) in [5, 5.41) is 28.3. The predicted octanol–water partition coefficient (Wildman–Crippen LogP) is 2.00. The third-order valence-corrected chi connectivity index (χ3v) is 4.11. The maximum absolute atomic E-state index is 11.7. The van der Waals surface area contributed by atoms with Crippen LogP contribution in [0.4, 0.5) is 0 Å². The van der Waals surface area contributed by atoms with Gasteiger partial charge in [0.15, 0.2) is 0 Å². The molecule has 0 aliphatic heterocycles. The molecule has 1 atom stereocenters. The molecule has 0 radical (unpaired) electrons. The molecule has 0 bridgehead atoms. The van der Waals surface area contributed by atoms with Crippen LogP contribution in [0.1, 0.15) is 49.3 Å². The van der Waals surface area contributed by atoms with E-state index >= 15 is 0 Å². The van der Waals surface area contributed by atoms with Crippen LogP contribution in [0, 0.1) is 0 Å². The molecular formula is C15H20O4. The molecule has 0 saturated heterocycles. The van der Waals surface area contributed by atoms with E-state index in [0.29, 0.717) is 18.4 Å². The molecule has 4 heteroatoms. The quantitative estimate of drug-likeness (QED) is 0.777. The third kappa shape index (κ3) is 2.65. The number of hydrogen-bond acceptors (Lipinski definition) is 3. The SMILES string of the molecule is O=C(O)C1(c2cccc(C(O)CO)c2)CCCCC1. The summed E-state index contributed by atoms with van der Waals surface area (Å²) >= 11 is 0. The molecule has 1 unspecified atom stereocenters. The van der Waals surface area contributed by atoms with Crippen LogP contribution >= 0.6 is 0 Å². The number of aliphatic carboxylic acids is 1. The fourth-order valence-electron chi connectivity index (χ4n) is 2.93. The fraction of sp³-hybridized carbons (Fsp3) is 0.533. The van der Waals surface area contributed by atoms with E-state index in [1.807, 2.05) is 6.07 Å². The molecule has 2 rings (SSSR count). The topological polar surface area (TPSA) is 77.8 Å². The highest BCUT2D eigenvalue weighted by Gasteiger charge is 2.41. The first-order chi connectivity index (χ1) is 9.10. The van der Waals surface area contributed by atoms with E-state index in [1.54, 1.807) is 18.2 Å². The third-order valence-electron chi connectivity index (χ3n) is 4.11. The maximum atomic E-state index is 11.7. The number of benzene rings is 1. The summed E-state index contributed by atoms with van der Waals surface area (Å²) in [5.74, 6) is -0.789. The molecule has 0 spiro atoms. The van der Waals surface area contributed by atoms with E-state index in [1.165, 1.54) is 0 Å². The lowest BCUT2D eigenvalue weighted by Crippen LogP contribution is -2.37. The normalized spacial score (nSPS) is 19.9. The van der Waals surface area contributed by atoms with E-state index in [2.05, 4.69) is 0 Å². The summed E-state index contributed by atoms with van der Waals surface area (Å²) in [6, 6.07) is 7.00. The lowest BCUT2D eigenvalue weighted by Gasteiger charge is -2.34. The molecule has 1 fully saturated rings. The lowest BCUT2D eigenvalue weighted by atomic mass is 9.69. The lowest BCUT2D eigenvalue weighted by molar-refractivity contribution is -0.145. The van der Waals surface area contributed by atoms with Gasteiger partial charge in [0.05, 0.1) is 12.0 Å². The van der Waals surface area contributed by atoms with Crippen molar-refractivity contribution < 1.29 is 20.1 Å². The molecule has 19 heavy (non-hydrogen) atoms. The number of aliphatic hydroxyl groups excluding tert-OH is 2. The summed E-state index contributed by atoms with van der Waals surface area (Å²) in [6.07, 6.45) is 3.24. The molecule has 1 aromatic rings. The van der Waals surface area contributed by atoms with Crippen molar-refractivity contribution in [3.63, 3.8) is 0 Å². The molecule has 0 amide bonds. The average Bonchev–Trinajstić information content (AvgIpc) is 2.47. The Morgan fingerprint density at radius 2 is 1.95 bits per heavy atom. The van der Waals surface area contributed by atoms with E-state index < -0.39 is 17.5 Å². The van der Waals surface area contributed by atoms with Crippen LogP contribution in [-0.4, -0.2) is 27.9 Å². The molecule has 1 saturated carbocycles. The molecule has 1 aromatic carbocycles. The van der Waals surface area contributed by atoms with Crippen LogP contribution in [-0.2, 0) is 10.2 Å². The number of rotatable bonds is 4. The van der Waals surface area contributed by atoms with Crippen molar-refractivity contribution in [3.8, 4) is 0 Å². The number of aliphatic hydroxyl groups is 2. The molecule has 1 aliphatic rings. The Labute approximate surface area is 112 Å². The molecule has 104 valence electrons. The Kier molecular flexibility index (Phi) is 4.22. The first-order valence-corrected chi connectivity index (χ1v) is 6.73. The highest BCUT2D eigenvalue weighted by molar-refractivity contribution is 5.81. The summed E-state index contributed by atoms with van der Waals surface area (Å²) in [4.78, 5) is 11.7. The van der Waals surface area contributed by atoms with Gasteiger partial charge in [-0.2, -0.15) is 0 Å². The van der Waals surface area contributed by atoms with Crippen molar-refractivity contribution >= 4 is 5.97 Å². The number of hydrogen-bond donors (Lipinski definition) is 3. The first kappa shape index (κ1) is 14.0. The molecular weight excluding hydrogens is 244 g/mol. The van der Waals surface area contributed by atoms with Crippen molar-refractivity contribution in [2.24, 2.45) is 0 Å². The minimum Gasteiger partial charge on any atom is -0.481 e. The van der Waals surface area contributed by atoms with Crippen molar-refractivity contribution in [2.45, 2.75) is 43.6 Å². The van der Waals surface area contributed by atoms with Crippen LogP contribution in [0.3, 0.4) is 0 Å². The van der Waals surface area contributed by atoms with Gasteiger partial charge in [-0.05, 0) is 24.0 Å². The van der Waals surface area contributed by atoms with Gasteiger partial charge in [0.2, 0.25) is 0 Å². The van der Waals surface area contributed by atoms with Gasteiger partial charge in [0.1, 0.15) is 6.10 Å². The fourth-order valence-corrected chi connectivity index (χ4v) is 2.93. The minimum atomic E-state index is -0.950. The van der Waals surface area contributed by atoms with E-state index in [9.17, 15) is 15.0 Å². The highest BCUT2D eigenvalue weighted by Crippen LogP contribution is 2.40. The van der Waals surface area contributed by atoms with Gasteiger partial charge in [-0.3, -0.25) is 4.79 Å². The predicted molar refractivity (Wildman–Crippen MR) is 70.9 cm³/mol. The van der Waals surface area contributed by atoms with Gasteiger partial charge in [-0.15, -0.1) is 0 Å². The van der Waals surface area contributed by atoms with Crippen molar-refractivity contribution in [2.75, 3.05) is 6.61 Å². The summed E-state index contributed by atoms with van der Waals surface area (Å²) in [5.41, 5.74) is 0.486. The summed E-state index contributed by atoms with van der Waals surface area (Å²) in [6.45, 7) is -0.358. The molecule has 0 aromatic heterocycles. The van der Waals surface area contributed by atoms with Gasteiger partial charge in [-0.25, -0.2) is 0 Å². The Morgan fingerprint density at radius 1 is 1.26 bits per heavy atom. The Morgan fingerprint density at radius 3 is 2.53 bits per heavy atom. The zero-order chi connectivity index (χ0) is 13.9.